The van der Waals surface area contributed by atoms with Gasteiger partial charge in [0.05, 0.1) is 18.6 Å². The van der Waals surface area contributed by atoms with Crippen LogP contribution in [0.5, 0.6) is 0 Å². The Kier molecular flexibility index (Phi) is 2.78. The van der Waals surface area contributed by atoms with Crippen LogP contribution in [-0.4, -0.2) is 44.2 Å². The van der Waals surface area contributed by atoms with Crippen molar-refractivity contribution in [2.75, 3.05) is 18.6 Å². The first kappa shape index (κ1) is 12.8. The third-order valence-electron chi connectivity index (χ3n) is 3.93. The molecule has 0 aliphatic carbocycles. The third kappa shape index (κ3) is 1.69. The van der Waals surface area contributed by atoms with E-state index >= 15 is 0 Å². The number of rotatable bonds is 2. The van der Waals surface area contributed by atoms with Gasteiger partial charge < -0.3 is 9.47 Å². The van der Waals surface area contributed by atoms with Gasteiger partial charge in [-0.1, -0.05) is 13.8 Å². The van der Waals surface area contributed by atoms with Crippen LogP contribution < -0.4 is 0 Å². The maximum atomic E-state index is 11.9. The predicted molar refractivity (Wildman–Crippen MR) is 61.3 cm³/mol. The average molecular weight is 262 g/mol. The second-order valence-corrected chi connectivity index (χ2v) is 7.43. The van der Waals surface area contributed by atoms with E-state index in [0.29, 0.717) is 12.8 Å². The summed E-state index contributed by atoms with van der Waals surface area (Å²) in [4.78, 5) is 11.9. The highest BCUT2D eigenvalue weighted by Gasteiger charge is 2.77. The van der Waals surface area contributed by atoms with Crippen molar-refractivity contribution in [2.24, 2.45) is 5.92 Å². The minimum absolute atomic E-state index is 0.0178. The van der Waals surface area contributed by atoms with E-state index in [9.17, 15) is 13.2 Å². The molecule has 0 radical (unpaired) electrons. The predicted octanol–water partition coefficient (Wildman–Crippen LogP) is 0.532. The summed E-state index contributed by atoms with van der Waals surface area (Å²) in [6.07, 6.45) is 0.783. The van der Waals surface area contributed by atoms with Gasteiger partial charge in [0.2, 0.25) is 0 Å². The average Bonchev–Trinajstić information content (AvgIpc) is 2.93. The number of esters is 1. The van der Waals surface area contributed by atoms with Crippen molar-refractivity contribution in [1.29, 1.82) is 0 Å². The summed E-state index contributed by atoms with van der Waals surface area (Å²) in [7, 11) is -1.62. The lowest BCUT2D eigenvalue weighted by molar-refractivity contribution is -0.148. The summed E-state index contributed by atoms with van der Waals surface area (Å²) < 4.78 is 33.3. The molecule has 2 aliphatic heterocycles. The van der Waals surface area contributed by atoms with Gasteiger partial charge in [0, 0.05) is 0 Å². The van der Waals surface area contributed by atoms with Crippen molar-refractivity contribution in [3.05, 3.63) is 0 Å². The number of epoxide rings is 1. The molecule has 2 saturated heterocycles. The van der Waals surface area contributed by atoms with Crippen LogP contribution in [0.1, 0.15) is 26.7 Å². The molecular formula is C11H18O5S. The molecule has 98 valence electrons. The Hall–Kier alpha value is -0.620. The van der Waals surface area contributed by atoms with Crippen LogP contribution in [0.3, 0.4) is 0 Å². The quantitative estimate of drug-likeness (QED) is 0.536. The van der Waals surface area contributed by atoms with Crippen molar-refractivity contribution in [3.8, 4) is 0 Å². The van der Waals surface area contributed by atoms with E-state index in [1.54, 1.807) is 0 Å². The van der Waals surface area contributed by atoms with Crippen LogP contribution in [-0.2, 0) is 24.1 Å². The van der Waals surface area contributed by atoms with Crippen LogP contribution >= 0.6 is 0 Å². The number of ether oxygens (including phenoxy) is 2. The summed E-state index contributed by atoms with van der Waals surface area (Å²) >= 11 is 0. The number of hydrogen-bond donors (Lipinski definition) is 0. The standard InChI is InChI=1S/C11H18O5S/c1-8(2)11(9(12)15-3)10(16-11)4-6-17(13,14)7-5-10/h8H,4-7H2,1-3H3. The van der Waals surface area contributed by atoms with E-state index < -0.39 is 21.0 Å². The maximum absolute atomic E-state index is 11.9. The molecule has 0 bridgehead atoms. The normalized spacial score (nSPS) is 33.6. The third-order valence-corrected chi connectivity index (χ3v) is 5.58. The maximum Gasteiger partial charge on any atom is 0.341 e. The molecule has 0 saturated carbocycles. The van der Waals surface area contributed by atoms with Gasteiger partial charge in [0.25, 0.3) is 0 Å². The molecule has 2 aliphatic rings. The van der Waals surface area contributed by atoms with Crippen LogP contribution in [0.2, 0.25) is 0 Å². The molecule has 0 aromatic rings. The van der Waals surface area contributed by atoms with Crippen LogP contribution in [0.4, 0.5) is 0 Å². The first-order valence-corrected chi connectivity index (χ1v) is 7.61. The monoisotopic (exact) mass is 262 g/mol. The van der Waals surface area contributed by atoms with Gasteiger partial charge in [0.1, 0.15) is 5.60 Å². The molecule has 2 fully saturated rings. The Labute approximate surface area is 101 Å². The smallest absolute Gasteiger partial charge is 0.341 e. The fraction of sp³-hybridized carbons (Fsp3) is 0.909. The fourth-order valence-electron chi connectivity index (χ4n) is 2.88. The molecule has 1 atom stereocenters. The van der Waals surface area contributed by atoms with Gasteiger partial charge in [0.15, 0.2) is 15.4 Å². The van der Waals surface area contributed by atoms with Crippen LogP contribution in [0.25, 0.3) is 0 Å². The number of sulfone groups is 1. The highest BCUT2D eigenvalue weighted by molar-refractivity contribution is 7.91. The zero-order valence-corrected chi connectivity index (χ0v) is 11.2. The number of carbonyl (C=O) groups is 1. The fourth-order valence-corrected chi connectivity index (χ4v) is 4.37. The first-order chi connectivity index (χ1) is 7.80. The van der Waals surface area contributed by atoms with E-state index in [4.69, 9.17) is 9.47 Å². The summed E-state index contributed by atoms with van der Waals surface area (Å²) in [6.45, 7) is 3.80. The minimum atomic E-state index is -2.95. The number of methoxy groups -OCH3 is 1. The molecule has 1 spiro atoms. The second kappa shape index (κ2) is 3.68. The zero-order valence-electron chi connectivity index (χ0n) is 10.4. The van der Waals surface area contributed by atoms with E-state index in [2.05, 4.69) is 0 Å². The topological polar surface area (TPSA) is 73.0 Å². The highest BCUT2D eigenvalue weighted by atomic mass is 32.2. The van der Waals surface area contributed by atoms with Gasteiger partial charge in [-0.25, -0.2) is 13.2 Å². The van der Waals surface area contributed by atoms with Crippen LogP contribution in [0.15, 0.2) is 0 Å². The lowest BCUT2D eigenvalue weighted by Gasteiger charge is -2.24. The molecule has 5 nitrogen and oxygen atoms in total. The van der Waals surface area contributed by atoms with Crippen molar-refractivity contribution < 1.29 is 22.7 Å². The van der Waals surface area contributed by atoms with Gasteiger partial charge in [-0.05, 0) is 18.8 Å². The lowest BCUT2D eigenvalue weighted by Crippen LogP contribution is -2.43. The molecule has 2 rings (SSSR count). The van der Waals surface area contributed by atoms with E-state index in [-0.39, 0.29) is 23.4 Å². The van der Waals surface area contributed by atoms with Gasteiger partial charge in [-0.2, -0.15) is 0 Å². The first-order valence-electron chi connectivity index (χ1n) is 5.79. The van der Waals surface area contributed by atoms with E-state index in [1.165, 1.54) is 7.11 Å². The summed E-state index contributed by atoms with van der Waals surface area (Å²) in [5.41, 5.74) is -1.54. The Morgan fingerprint density at radius 1 is 1.29 bits per heavy atom. The van der Waals surface area contributed by atoms with Crippen LogP contribution in [0, 0.1) is 5.92 Å². The summed E-state index contributed by atoms with van der Waals surface area (Å²) in [5.74, 6) is -0.209. The van der Waals surface area contributed by atoms with Gasteiger partial charge >= 0.3 is 5.97 Å². The van der Waals surface area contributed by atoms with Crippen molar-refractivity contribution in [2.45, 2.75) is 37.9 Å². The molecule has 0 amide bonds. The number of carbonyl (C=O) groups excluding carboxylic acids is 1. The van der Waals surface area contributed by atoms with Crippen molar-refractivity contribution in [3.63, 3.8) is 0 Å². The summed E-state index contributed by atoms with van der Waals surface area (Å²) in [6, 6.07) is 0. The van der Waals surface area contributed by atoms with Gasteiger partial charge in [-0.3, -0.25) is 0 Å². The largest absolute Gasteiger partial charge is 0.467 e. The molecule has 17 heavy (non-hydrogen) atoms. The second-order valence-electron chi connectivity index (χ2n) is 5.13. The van der Waals surface area contributed by atoms with Gasteiger partial charge in [-0.15, -0.1) is 0 Å². The molecule has 0 aromatic heterocycles. The molecular weight excluding hydrogens is 244 g/mol. The zero-order chi connectivity index (χ0) is 12.9. The molecule has 2 heterocycles. The number of hydrogen-bond acceptors (Lipinski definition) is 5. The molecule has 6 heteroatoms. The van der Waals surface area contributed by atoms with Crippen molar-refractivity contribution in [1.82, 2.24) is 0 Å². The van der Waals surface area contributed by atoms with E-state index in [1.807, 2.05) is 13.8 Å². The minimum Gasteiger partial charge on any atom is -0.467 e. The van der Waals surface area contributed by atoms with E-state index in [0.717, 1.165) is 0 Å². The molecule has 1 unspecified atom stereocenters. The lowest BCUT2D eigenvalue weighted by atomic mass is 9.80. The highest BCUT2D eigenvalue weighted by Crippen LogP contribution is 2.59. The molecule has 0 N–H and O–H groups in total. The summed E-state index contributed by atoms with van der Waals surface area (Å²) in [5, 5.41) is 0. The Morgan fingerprint density at radius 3 is 2.24 bits per heavy atom. The molecule has 0 aromatic carbocycles. The Balaban J connectivity index is 2.23. The Morgan fingerprint density at radius 2 is 1.82 bits per heavy atom. The Bertz CT molecular complexity index is 425. The SMILES string of the molecule is COC(=O)C1(C(C)C)OC12CCS(=O)(=O)CC2. The van der Waals surface area contributed by atoms with Crippen molar-refractivity contribution >= 4 is 15.8 Å².